The molecule has 1 nitrogen and oxygen atoms in total. The van der Waals surface area contributed by atoms with E-state index < -0.39 is 5.38 Å². The second kappa shape index (κ2) is 5.93. The van der Waals surface area contributed by atoms with Crippen molar-refractivity contribution in [2.24, 2.45) is 0 Å². The van der Waals surface area contributed by atoms with Crippen molar-refractivity contribution in [3.05, 3.63) is 63.4 Å². The molecule has 2 rings (SSSR count). The Bertz CT molecular complexity index is 601. The van der Waals surface area contributed by atoms with Crippen molar-refractivity contribution in [2.75, 3.05) is 7.11 Å². The quantitative estimate of drug-likeness (QED) is 0.693. The van der Waals surface area contributed by atoms with Crippen molar-refractivity contribution in [3.8, 4) is 5.75 Å². The Labute approximate surface area is 125 Å². The zero-order valence-electron chi connectivity index (χ0n) is 10.6. The third kappa shape index (κ3) is 3.10. The van der Waals surface area contributed by atoms with E-state index in [4.69, 9.17) is 16.3 Å². The molecule has 0 aliphatic carbocycles. The van der Waals surface area contributed by atoms with Crippen LogP contribution in [0.3, 0.4) is 0 Å². The summed E-state index contributed by atoms with van der Waals surface area (Å²) in [5.74, 6) is 0.437. The lowest BCUT2D eigenvalue weighted by Crippen LogP contribution is -1.99. The SMILES string of the molecule is COc1ccc(C(Cl)c2ccc(C)cc2F)c(Br)c1. The second-order valence-corrected chi connectivity index (χ2v) is 5.57. The van der Waals surface area contributed by atoms with Crippen LogP contribution in [0.2, 0.25) is 0 Å². The minimum Gasteiger partial charge on any atom is -0.497 e. The number of methoxy groups -OCH3 is 1. The summed E-state index contributed by atoms with van der Waals surface area (Å²) in [4.78, 5) is 0. The van der Waals surface area contributed by atoms with Crippen LogP contribution in [-0.2, 0) is 0 Å². The zero-order valence-corrected chi connectivity index (χ0v) is 12.9. The van der Waals surface area contributed by atoms with Crippen LogP contribution in [-0.4, -0.2) is 7.11 Å². The molecular weight excluding hydrogens is 331 g/mol. The van der Waals surface area contributed by atoms with E-state index in [-0.39, 0.29) is 5.82 Å². The van der Waals surface area contributed by atoms with Crippen molar-refractivity contribution >= 4 is 27.5 Å². The van der Waals surface area contributed by atoms with Gasteiger partial charge in [-0.15, -0.1) is 11.6 Å². The van der Waals surface area contributed by atoms with Gasteiger partial charge in [0.25, 0.3) is 0 Å². The maximum Gasteiger partial charge on any atom is 0.128 e. The smallest absolute Gasteiger partial charge is 0.128 e. The molecule has 19 heavy (non-hydrogen) atoms. The highest BCUT2D eigenvalue weighted by Crippen LogP contribution is 2.36. The number of benzene rings is 2. The number of alkyl halides is 1. The maximum absolute atomic E-state index is 13.9. The first-order valence-corrected chi connectivity index (χ1v) is 6.99. The average Bonchev–Trinajstić information content (AvgIpc) is 2.37. The molecule has 0 amide bonds. The van der Waals surface area contributed by atoms with Gasteiger partial charge >= 0.3 is 0 Å². The number of halogens is 3. The summed E-state index contributed by atoms with van der Waals surface area (Å²) < 4.78 is 19.9. The number of ether oxygens (including phenoxy) is 1. The molecule has 0 bridgehead atoms. The van der Waals surface area contributed by atoms with E-state index in [0.717, 1.165) is 21.3 Å². The van der Waals surface area contributed by atoms with Gasteiger partial charge in [-0.1, -0.05) is 34.1 Å². The lowest BCUT2D eigenvalue weighted by Gasteiger charge is -2.14. The van der Waals surface area contributed by atoms with Crippen LogP contribution in [0.25, 0.3) is 0 Å². The highest BCUT2D eigenvalue weighted by Gasteiger charge is 2.18. The largest absolute Gasteiger partial charge is 0.497 e. The standard InChI is InChI=1S/C15H13BrClFO/c1-9-3-5-12(14(18)7-9)15(17)11-6-4-10(19-2)8-13(11)16/h3-8,15H,1-2H3. The number of aryl methyl sites for hydroxylation is 1. The Kier molecular flexibility index (Phi) is 4.48. The molecule has 0 heterocycles. The van der Waals surface area contributed by atoms with Crippen LogP contribution in [0.1, 0.15) is 22.1 Å². The zero-order chi connectivity index (χ0) is 14.0. The summed E-state index contributed by atoms with van der Waals surface area (Å²) >= 11 is 9.82. The predicted octanol–water partition coefficient (Wildman–Crippen LogP) is 5.23. The average molecular weight is 344 g/mol. The topological polar surface area (TPSA) is 9.23 Å². The first-order chi connectivity index (χ1) is 9.02. The highest BCUT2D eigenvalue weighted by molar-refractivity contribution is 9.10. The van der Waals surface area contributed by atoms with Gasteiger partial charge in [-0.25, -0.2) is 4.39 Å². The normalized spacial score (nSPS) is 12.3. The Morgan fingerprint density at radius 3 is 2.42 bits per heavy atom. The molecule has 0 radical (unpaired) electrons. The van der Waals surface area contributed by atoms with E-state index in [0.29, 0.717) is 5.56 Å². The first kappa shape index (κ1) is 14.4. The Balaban J connectivity index is 2.41. The Morgan fingerprint density at radius 1 is 1.16 bits per heavy atom. The predicted molar refractivity (Wildman–Crippen MR) is 79.5 cm³/mol. The first-order valence-electron chi connectivity index (χ1n) is 5.76. The molecule has 0 saturated heterocycles. The molecule has 2 aromatic carbocycles. The van der Waals surface area contributed by atoms with Crippen LogP contribution in [0.4, 0.5) is 4.39 Å². The Hall–Kier alpha value is -1.06. The van der Waals surface area contributed by atoms with Gasteiger partial charge in [0.15, 0.2) is 0 Å². The van der Waals surface area contributed by atoms with E-state index in [1.54, 1.807) is 13.2 Å². The van der Waals surface area contributed by atoms with Crippen molar-refractivity contribution < 1.29 is 9.13 Å². The van der Waals surface area contributed by atoms with Gasteiger partial charge in [-0.05, 0) is 36.2 Å². The molecule has 1 atom stereocenters. The molecule has 0 aliphatic rings. The second-order valence-electron chi connectivity index (χ2n) is 4.27. The molecule has 0 fully saturated rings. The number of hydrogen-bond acceptors (Lipinski definition) is 1. The third-order valence-electron chi connectivity index (χ3n) is 2.91. The van der Waals surface area contributed by atoms with Crippen molar-refractivity contribution in [1.29, 1.82) is 0 Å². The summed E-state index contributed by atoms with van der Waals surface area (Å²) in [6.45, 7) is 1.85. The molecule has 0 aliphatic heterocycles. The third-order valence-corrected chi connectivity index (χ3v) is 4.07. The summed E-state index contributed by atoms with van der Waals surface area (Å²) in [5.41, 5.74) is 2.15. The van der Waals surface area contributed by atoms with Crippen molar-refractivity contribution in [2.45, 2.75) is 12.3 Å². The number of rotatable bonds is 3. The molecule has 0 N–H and O–H groups in total. The van der Waals surface area contributed by atoms with Crippen molar-refractivity contribution in [3.63, 3.8) is 0 Å². The lowest BCUT2D eigenvalue weighted by molar-refractivity contribution is 0.414. The van der Waals surface area contributed by atoms with E-state index in [1.165, 1.54) is 6.07 Å². The minimum absolute atomic E-state index is 0.289. The van der Waals surface area contributed by atoms with E-state index in [1.807, 2.05) is 31.2 Å². The molecule has 0 saturated carbocycles. The summed E-state index contributed by atoms with van der Waals surface area (Å²) in [7, 11) is 1.60. The van der Waals surface area contributed by atoms with Crippen LogP contribution < -0.4 is 4.74 Å². The molecule has 4 heteroatoms. The van der Waals surface area contributed by atoms with Crippen LogP contribution >= 0.6 is 27.5 Å². The van der Waals surface area contributed by atoms with Crippen LogP contribution in [0.5, 0.6) is 5.75 Å². The summed E-state index contributed by atoms with van der Waals surface area (Å²) in [6, 6.07) is 10.5. The van der Waals surface area contributed by atoms with Crippen molar-refractivity contribution in [1.82, 2.24) is 0 Å². The van der Waals surface area contributed by atoms with Gasteiger partial charge in [0.1, 0.15) is 11.6 Å². The molecule has 2 aromatic rings. The minimum atomic E-state index is -0.541. The number of hydrogen-bond donors (Lipinski definition) is 0. The molecular formula is C15H13BrClFO. The van der Waals surface area contributed by atoms with Gasteiger partial charge < -0.3 is 4.74 Å². The molecule has 0 aromatic heterocycles. The highest BCUT2D eigenvalue weighted by atomic mass is 79.9. The fourth-order valence-corrected chi connectivity index (χ4v) is 2.93. The van der Waals surface area contributed by atoms with E-state index in [9.17, 15) is 4.39 Å². The van der Waals surface area contributed by atoms with E-state index >= 15 is 0 Å². The van der Waals surface area contributed by atoms with Gasteiger partial charge in [0, 0.05) is 10.0 Å². The fraction of sp³-hybridized carbons (Fsp3) is 0.200. The fourth-order valence-electron chi connectivity index (χ4n) is 1.85. The molecule has 1 unspecified atom stereocenters. The van der Waals surface area contributed by atoms with Crippen LogP contribution in [0, 0.1) is 12.7 Å². The van der Waals surface area contributed by atoms with Gasteiger partial charge in [0.2, 0.25) is 0 Å². The van der Waals surface area contributed by atoms with Gasteiger partial charge in [-0.2, -0.15) is 0 Å². The lowest BCUT2D eigenvalue weighted by atomic mass is 10.0. The summed E-state index contributed by atoms with van der Waals surface area (Å²) in [5, 5.41) is -0.541. The molecule has 0 spiro atoms. The maximum atomic E-state index is 13.9. The van der Waals surface area contributed by atoms with Gasteiger partial charge in [-0.3, -0.25) is 0 Å². The summed E-state index contributed by atoms with van der Waals surface area (Å²) in [6.07, 6.45) is 0. The van der Waals surface area contributed by atoms with Crippen LogP contribution in [0.15, 0.2) is 40.9 Å². The van der Waals surface area contributed by atoms with Gasteiger partial charge in [0.05, 0.1) is 12.5 Å². The molecule has 100 valence electrons. The van der Waals surface area contributed by atoms with E-state index in [2.05, 4.69) is 15.9 Å². The Morgan fingerprint density at radius 2 is 1.84 bits per heavy atom. The monoisotopic (exact) mass is 342 g/mol.